The van der Waals surface area contributed by atoms with Crippen molar-refractivity contribution in [2.75, 3.05) is 20.7 Å². The number of nitrogens with one attached hydrogen (secondary N) is 1. The Morgan fingerprint density at radius 1 is 1.41 bits per heavy atom. The van der Waals surface area contributed by atoms with Crippen LogP contribution in [0.25, 0.3) is 0 Å². The molecular formula is C14H22N2O. The molecule has 0 atom stereocenters. The molecule has 0 saturated heterocycles. The molecule has 1 aliphatic carbocycles. The van der Waals surface area contributed by atoms with E-state index in [1.54, 1.807) is 7.11 Å². The van der Waals surface area contributed by atoms with Gasteiger partial charge in [-0.3, -0.25) is 4.98 Å². The van der Waals surface area contributed by atoms with Crippen molar-refractivity contribution in [3.05, 3.63) is 23.0 Å². The fourth-order valence-corrected chi connectivity index (χ4v) is 2.57. The minimum atomic E-state index is 0.451. The summed E-state index contributed by atoms with van der Waals surface area (Å²) in [5.41, 5.74) is 3.97. The first kappa shape index (κ1) is 12.4. The Bertz CT molecular complexity index is 411. The van der Waals surface area contributed by atoms with Crippen molar-refractivity contribution in [3.63, 3.8) is 0 Å². The van der Waals surface area contributed by atoms with Crippen molar-refractivity contribution in [2.45, 2.75) is 33.1 Å². The van der Waals surface area contributed by atoms with E-state index in [9.17, 15) is 0 Å². The smallest absolute Gasteiger partial charge is 0.128 e. The van der Waals surface area contributed by atoms with Crippen LogP contribution in [0.5, 0.6) is 5.75 Å². The van der Waals surface area contributed by atoms with Gasteiger partial charge in [0.15, 0.2) is 0 Å². The summed E-state index contributed by atoms with van der Waals surface area (Å²) >= 11 is 0. The highest BCUT2D eigenvalue weighted by molar-refractivity contribution is 5.41. The number of hydrogen-bond donors (Lipinski definition) is 1. The molecule has 0 unspecified atom stereocenters. The monoisotopic (exact) mass is 234 g/mol. The first-order valence-electron chi connectivity index (χ1n) is 6.25. The second kappa shape index (κ2) is 4.65. The molecule has 1 aromatic heterocycles. The second-order valence-electron chi connectivity index (χ2n) is 5.25. The van der Waals surface area contributed by atoms with E-state index < -0.39 is 0 Å². The topological polar surface area (TPSA) is 34.2 Å². The number of nitrogens with zero attached hydrogens (tertiary/aromatic N) is 1. The fourth-order valence-electron chi connectivity index (χ4n) is 2.57. The van der Waals surface area contributed by atoms with E-state index in [-0.39, 0.29) is 0 Å². The zero-order chi connectivity index (χ0) is 12.5. The number of methoxy groups -OCH3 is 1. The summed E-state index contributed by atoms with van der Waals surface area (Å²) in [4.78, 5) is 4.59. The summed E-state index contributed by atoms with van der Waals surface area (Å²) < 4.78 is 5.46. The molecule has 17 heavy (non-hydrogen) atoms. The largest absolute Gasteiger partial charge is 0.496 e. The van der Waals surface area contributed by atoms with Gasteiger partial charge in [0.25, 0.3) is 0 Å². The molecule has 1 aromatic rings. The number of aryl methyl sites for hydroxylation is 1. The standard InChI is InChI=1S/C14H22N2O/c1-10-8-16-12(11(2)13(10)17-4)7-14(5-6-14)9-15-3/h8,15H,5-7,9H2,1-4H3. The van der Waals surface area contributed by atoms with Crippen molar-refractivity contribution < 1.29 is 4.74 Å². The molecule has 94 valence electrons. The lowest BCUT2D eigenvalue weighted by molar-refractivity contribution is 0.404. The molecular weight excluding hydrogens is 212 g/mol. The van der Waals surface area contributed by atoms with Crippen LogP contribution in [0.4, 0.5) is 0 Å². The Labute approximate surface area is 104 Å². The van der Waals surface area contributed by atoms with E-state index in [2.05, 4.69) is 17.2 Å². The van der Waals surface area contributed by atoms with Gasteiger partial charge in [-0.05, 0) is 45.6 Å². The Morgan fingerprint density at radius 2 is 2.12 bits per heavy atom. The average molecular weight is 234 g/mol. The van der Waals surface area contributed by atoms with Crippen LogP contribution in [0, 0.1) is 19.3 Å². The molecule has 3 heteroatoms. The van der Waals surface area contributed by atoms with Crippen molar-refractivity contribution in [1.29, 1.82) is 0 Å². The predicted molar refractivity (Wildman–Crippen MR) is 69.6 cm³/mol. The van der Waals surface area contributed by atoms with Gasteiger partial charge >= 0.3 is 0 Å². The van der Waals surface area contributed by atoms with Crippen molar-refractivity contribution in [1.82, 2.24) is 10.3 Å². The van der Waals surface area contributed by atoms with Crippen LogP contribution in [-0.4, -0.2) is 25.7 Å². The zero-order valence-corrected chi connectivity index (χ0v) is 11.3. The lowest BCUT2D eigenvalue weighted by atomic mass is 9.96. The maximum absolute atomic E-state index is 5.46. The molecule has 2 rings (SSSR count). The molecule has 1 aliphatic rings. The maximum Gasteiger partial charge on any atom is 0.128 e. The molecule has 0 aromatic carbocycles. The molecule has 0 amide bonds. The summed E-state index contributed by atoms with van der Waals surface area (Å²) in [5.74, 6) is 0.996. The Kier molecular flexibility index (Phi) is 3.38. The zero-order valence-electron chi connectivity index (χ0n) is 11.3. The number of ether oxygens (including phenoxy) is 1. The van der Waals surface area contributed by atoms with Gasteiger partial charge in [0.1, 0.15) is 5.75 Å². The summed E-state index contributed by atoms with van der Waals surface area (Å²) in [6, 6.07) is 0. The Morgan fingerprint density at radius 3 is 2.65 bits per heavy atom. The molecule has 0 spiro atoms. The number of hydrogen-bond acceptors (Lipinski definition) is 3. The average Bonchev–Trinajstić information content (AvgIpc) is 3.04. The van der Waals surface area contributed by atoms with Crippen LogP contribution in [0.15, 0.2) is 6.20 Å². The maximum atomic E-state index is 5.46. The van der Waals surface area contributed by atoms with Gasteiger partial charge in [-0.15, -0.1) is 0 Å². The molecule has 1 heterocycles. The van der Waals surface area contributed by atoms with Crippen molar-refractivity contribution in [3.8, 4) is 5.75 Å². The summed E-state index contributed by atoms with van der Waals surface area (Å²) in [5, 5.41) is 3.29. The van der Waals surface area contributed by atoms with Crippen LogP contribution in [-0.2, 0) is 6.42 Å². The highest BCUT2D eigenvalue weighted by Crippen LogP contribution is 2.48. The predicted octanol–water partition coefficient (Wildman–Crippen LogP) is 2.25. The van der Waals surface area contributed by atoms with Crippen LogP contribution in [0.1, 0.15) is 29.7 Å². The minimum absolute atomic E-state index is 0.451. The van der Waals surface area contributed by atoms with E-state index in [0.29, 0.717) is 5.41 Å². The molecule has 0 radical (unpaired) electrons. The third kappa shape index (κ3) is 2.44. The van der Waals surface area contributed by atoms with Gasteiger partial charge < -0.3 is 10.1 Å². The quantitative estimate of drug-likeness (QED) is 0.848. The van der Waals surface area contributed by atoms with E-state index in [0.717, 1.165) is 24.3 Å². The summed E-state index contributed by atoms with van der Waals surface area (Å²) in [6.45, 7) is 5.25. The highest BCUT2D eigenvalue weighted by Gasteiger charge is 2.42. The lowest BCUT2D eigenvalue weighted by Crippen LogP contribution is -2.22. The third-order valence-corrected chi connectivity index (χ3v) is 3.80. The molecule has 1 saturated carbocycles. The summed E-state index contributed by atoms with van der Waals surface area (Å²) in [6.07, 6.45) is 5.61. The SMILES string of the molecule is CNCC1(Cc2ncc(C)c(OC)c2C)CC1. The Hall–Kier alpha value is -1.09. The van der Waals surface area contributed by atoms with Crippen LogP contribution in [0.2, 0.25) is 0 Å². The van der Waals surface area contributed by atoms with Gasteiger partial charge in [-0.2, -0.15) is 0 Å². The van der Waals surface area contributed by atoms with Gasteiger partial charge in [-0.25, -0.2) is 0 Å². The molecule has 1 fully saturated rings. The summed E-state index contributed by atoms with van der Waals surface area (Å²) in [7, 11) is 3.76. The van der Waals surface area contributed by atoms with Gasteiger partial charge in [0.2, 0.25) is 0 Å². The van der Waals surface area contributed by atoms with Crippen molar-refractivity contribution in [2.24, 2.45) is 5.41 Å². The Balaban J connectivity index is 2.22. The van der Waals surface area contributed by atoms with E-state index in [1.165, 1.54) is 24.1 Å². The van der Waals surface area contributed by atoms with Crippen LogP contribution >= 0.6 is 0 Å². The molecule has 3 nitrogen and oxygen atoms in total. The minimum Gasteiger partial charge on any atom is -0.496 e. The fraction of sp³-hybridized carbons (Fsp3) is 0.643. The first-order chi connectivity index (χ1) is 8.12. The number of rotatable bonds is 5. The van der Waals surface area contributed by atoms with Gasteiger partial charge in [0.05, 0.1) is 7.11 Å². The molecule has 0 bridgehead atoms. The second-order valence-corrected chi connectivity index (χ2v) is 5.25. The number of pyridine rings is 1. The van der Waals surface area contributed by atoms with E-state index in [4.69, 9.17) is 4.74 Å². The molecule has 1 N–H and O–H groups in total. The van der Waals surface area contributed by atoms with Crippen LogP contribution in [0.3, 0.4) is 0 Å². The van der Waals surface area contributed by atoms with Crippen molar-refractivity contribution >= 4 is 0 Å². The number of aromatic nitrogens is 1. The molecule has 0 aliphatic heterocycles. The lowest BCUT2D eigenvalue weighted by Gasteiger charge is -2.17. The van der Waals surface area contributed by atoms with Gasteiger partial charge in [-0.1, -0.05) is 0 Å². The normalized spacial score (nSPS) is 16.9. The third-order valence-electron chi connectivity index (χ3n) is 3.80. The van der Waals surface area contributed by atoms with E-state index in [1.807, 2.05) is 20.2 Å². The van der Waals surface area contributed by atoms with Gasteiger partial charge in [0, 0.05) is 29.6 Å². The first-order valence-corrected chi connectivity index (χ1v) is 6.25. The van der Waals surface area contributed by atoms with Crippen LogP contribution < -0.4 is 10.1 Å². The highest BCUT2D eigenvalue weighted by atomic mass is 16.5. The van der Waals surface area contributed by atoms with E-state index >= 15 is 0 Å².